The zero-order valence-corrected chi connectivity index (χ0v) is 18.8. The molecule has 0 N–H and O–H groups in total. The fraction of sp³-hybridized carbons (Fsp3) is 0.370. The van der Waals surface area contributed by atoms with Gasteiger partial charge in [0.1, 0.15) is 12.2 Å². The van der Waals surface area contributed by atoms with Gasteiger partial charge in [-0.05, 0) is 35.8 Å². The summed E-state index contributed by atoms with van der Waals surface area (Å²) in [7, 11) is 0. The van der Waals surface area contributed by atoms with E-state index in [2.05, 4.69) is 75.2 Å². The van der Waals surface area contributed by atoms with Gasteiger partial charge in [-0.2, -0.15) is 0 Å². The van der Waals surface area contributed by atoms with Crippen molar-refractivity contribution in [3.63, 3.8) is 0 Å². The smallest absolute Gasteiger partial charge is 0.214 e. The number of nitrogens with zero attached hydrogens (tertiary/aromatic N) is 2. The van der Waals surface area contributed by atoms with Gasteiger partial charge in [-0.3, -0.25) is 0 Å². The van der Waals surface area contributed by atoms with Crippen LogP contribution in [-0.4, -0.2) is 29.1 Å². The standard InChI is InChI=1S/C27H32N2O2/c1-6-20(3)29-13-12-23(17-29)31-26-15-19(2)14-24(28-26)25-16-22(18-30-25)27(4,5)21-10-8-7-9-11-21/h6-11,14-15,18,23,25H,1,3,12-13,16-17H2,2,4-5H3. The van der Waals surface area contributed by atoms with Crippen molar-refractivity contribution in [3.8, 4) is 5.88 Å². The van der Waals surface area contributed by atoms with E-state index in [1.807, 2.05) is 12.3 Å². The highest BCUT2D eigenvalue weighted by Gasteiger charge is 2.33. The molecule has 162 valence electrons. The summed E-state index contributed by atoms with van der Waals surface area (Å²) in [6.45, 7) is 16.2. The van der Waals surface area contributed by atoms with Crippen molar-refractivity contribution in [2.75, 3.05) is 13.1 Å². The van der Waals surface area contributed by atoms with E-state index >= 15 is 0 Å². The molecule has 0 bridgehead atoms. The molecule has 1 fully saturated rings. The summed E-state index contributed by atoms with van der Waals surface area (Å²) in [5.74, 6) is 0.672. The lowest BCUT2D eigenvalue weighted by atomic mass is 9.76. The number of hydrogen-bond acceptors (Lipinski definition) is 4. The molecule has 0 spiro atoms. The van der Waals surface area contributed by atoms with E-state index in [-0.39, 0.29) is 17.6 Å². The number of likely N-dealkylation sites (tertiary alicyclic amines) is 1. The maximum atomic E-state index is 6.24. The van der Waals surface area contributed by atoms with Crippen LogP contribution in [0.3, 0.4) is 0 Å². The van der Waals surface area contributed by atoms with Crippen LogP contribution in [0.5, 0.6) is 5.88 Å². The predicted octanol–water partition coefficient (Wildman–Crippen LogP) is 5.87. The molecule has 0 saturated carbocycles. The van der Waals surface area contributed by atoms with Crippen molar-refractivity contribution in [1.29, 1.82) is 0 Å². The van der Waals surface area contributed by atoms with Crippen LogP contribution in [0.25, 0.3) is 0 Å². The largest absolute Gasteiger partial charge is 0.491 e. The minimum absolute atomic E-state index is 0.0825. The van der Waals surface area contributed by atoms with Crippen LogP contribution in [0.4, 0.5) is 0 Å². The Morgan fingerprint density at radius 3 is 2.77 bits per heavy atom. The molecule has 2 unspecified atom stereocenters. The zero-order chi connectivity index (χ0) is 22.0. The number of aryl methyl sites for hydroxylation is 1. The first-order chi connectivity index (χ1) is 14.9. The van der Waals surface area contributed by atoms with Crippen LogP contribution >= 0.6 is 0 Å². The lowest BCUT2D eigenvalue weighted by Crippen LogP contribution is -2.24. The van der Waals surface area contributed by atoms with Gasteiger partial charge in [0.05, 0.1) is 18.5 Å². The molecule has 2 aliphatic heterocycles. The molecule has 2 aliphatic rings. The summed E-state index contributed by atoms with van der Waals surface area (Å²) in [5, 5.41) is 0. The molecular weight excluding hydrogens is 384 g/mol. The van der Waals surface area contributed by atoms with Gasteiger partial charge in [0, 0.05) is 36.6 Å². The molecule has 1 saturated heterocycles. The monoisotopic (exact) mass is 416 g/mol. The zero-order valence-electron chi connectivity index (χ0n) is 18.8. The second-order valence-corrected chi connectivity index (χ2v) is 9.04. The summed E-state index contributed by atoms with van der Waals surface area (Å²) in [6.07, 6.45) is 5.53. The first-order valence-corrected chi connectivity index (χ1v) is 11.0. The average molecular weight is 417 g/mol. The lowest BCUT2D eigenvalue weighted by molar-refractivity contribution is 0.163. The maximum Gasteiger partial charge on any atom is 0.214 e. The van der Waals surface area contributed by atoms with Gasteiger partial charge in [0.2, 0.25) is 5.88 Å². The van der Waals surface area contributed by atoms with E-state index < -0.39 is 0 Å². The van der Waals surface area contributed by atoms with Crippen molar-refractivity contribution in [2.45, 2.75) is 51.2 Å². The van der Waals surface area contributed by atoms with Gasteiger partial charge >= 0.3 is 0 Å². The van der Waals surface area contributed by atoms with Crippen LogP contribution in [-0.2, 0) is 10.2 Å². The van der Waals surface area contributed by atoms with Gasteiger partial charge in [-0.15, -0.1) is 0 Å². The normalized spacial score (nSPS) is 20.9. The Bertz CT molecular complexity index is 994. The Balaban J connectivity index is 1.45. The van der Waals surface area contributed by atoms with Gasteiger partial charge in [-0.1, -0.05) is 57.3 Å². The van der Waals surface area contributed by atoms with Crippen LogP contribution in [0.15, 0.2) is 79.2 Å². The highest BCUT2D eigenvalue weighted by atomic mass is 16.5. The predicted molar refractivity (Wildman–Crippen MR) is 125 cm³/mol. The number of pyridine rings is 1. The molecule has 31 heavy (non-hydrogen) atoms. The van der Waals surface area contributed by atoms with E-state index in [0.29, 0.717) is 5.88 Å². The molecule has 2 atom stereocenters. The number of hydrogen-bond donors (Lipinski definition) is 0. The Hall–Kier alpha value is -3.01. The first kappa shape index (κ1) is 21.2. The molecule has 4 rings (SSSR count). The number of benzene rings is 1. The molecule has 3 heterocycles. The Labute approximate surface area is 185 Å². The Kier molecular flexibility index (Phi) is 5.90. The molecule has 2 aromatic rings. The minimum atomic E-state index is -0.0833. The molecule has 0 aliphatic carbocycles. The second-order valence-electron chi connectivity index (χ2n) is 9.04. The topological polar surface area (TPSA) is 34.6 Å². The third-order valence-electron chi connectivity index (χ3n) is 6.45. The van der Waals surface area contributed by atoms with E-state index in [0.717, 1.165) is 42.9 Å². The van der Waals surface area contributed by atoms with Crippen molar-refractivity contribution < 1.29 is 9.47 Å². The summed E-state index contributed by atoms with van der Waals surface area (Å²) < 4.78 is 12.3. The number of rotatable bonds is 7. The summed E-state index contributed by atoms with van der Waals surface area (Å²) in [5.41, 5.74) is 5.49. The Morgan fingerprint density at radius 2 is 2.03 bits per heavy atom. The van der Waals surface area contributed by atoms with E-state index in [4.69, 9.17) is 14.5 Å². The highest BCUT2D eigenvalue weighted by Crippen LogP contribution is 2.42. The van der Waals surface area contributed by atoms with Gasteiger partial charge in [0.15, 0.2) is 0 Å². The first-order valence-electron chi connectivity index (χ1n) is 11.0. The average Bonchev–Trinajstić information content (AvgIpc) is 3.44. The van der Waals surface area contributed by atoms with Crippen molar-refractivity contribution in [1.82, 2.24) is 9.88 Å². The van der Waals surface area contributed by atoms with Crippen LogP contribution < -0.4 is 4.74 Å². The third-order valence-corrected chi connectivity index (χ3v) is 6.45. The molecule has 1 aromatic carbocycles. The van der Waals surface area contributed by atoms with Crippen LogP contribution in [0.2, 0.25) is 0 Å². The molecule has 4 heteroatoms. The van der Waals surface area contributed by atoms with E-state index in [1.165, 1.54) is 11.1 Å². The SMILES string of the molecule is C=CC(=C)N1CCC(Oc2cc(C)cc(C3CC(C(C)(C)c4ccccc4)=CO3)n2)C1. The number of allylic oxidation sites excluding steroid dienone is 1. The fourth-order valence-electron chi connectivity index (χ4n) is 4.35. The van der Waals surface area contributed by atoms with Gasteiger partial charge in [-0.25, -0.2) is 4.98 Å². The highest BCUT2D eigenvalue weighted by molar-refractivity contribution is 5.36. The lowest BCUT2D eigenvalue weighted by Gasteiger charge is -2.26. The molecule has 0 amide bonds. The summed E-state index contributed by atoms with van der Waals surface area (Å²) >= 11 is 0. The molecule has 4 nitrogen and oxygen atoms in total. The Morgan fingerprint density at radius 1 is 1.26 bits per heavy atom. The third kappa shape index (κ3) is 4.53. The maximum absolute atomic E-state index is 6.24. The van der Waals surface area contributed by atoms with Gasteiger partial charge in [0.25, 0.3) is 0 Å². The van der Waals surface area contributed by atoms with Crippen molar-refractivity contribution >= 4 is 0 Å². The molecule has 1 aromatic heterocycles. The second kappa shape index (κ2) is 8.62. The van der Waals surface area contributed by atoms with Crippen molar-refractivity contribution in [3.05, 3.63) is 96.1 Å². The molecular formula is C27H32N2O2. The quantitative estimate of drug-likeness (QED) is 0.529. The van der Waals surface area contributed by atoms with Gasteiger partial charge < -0.3 is 14.4 Å². The van der Waals surface area contributed by atoms with E-state index in [1.54, 1.807) is 6.08 Å². The molecule has 0 radical (unpaired) electrons. The van der Waals surface area contributed by atoms with Crippen LogP contribution in [0.1, 0.15) is 49.6 Å². The fourth-order valence-corrected chi connectivity index (χ4v) is 4.35. The minimum Gasteiger partial charge on any atom is -0.491 e. The van der Waals surface area contributed by atoms with E-state index in [9.17, 15) is 0 Å². The number of aromatic nitrogens is 1. The number of ether oxygens (including phenoxy) is 2. The van der Waals surface area contributed by atoms with Crippen LogP contribution in [0, 0.1) is 6.92 Å². The summed E-state index contributed by atoms with van der Waals surface area (Å²) in [4.78, 5) is 7.02. The van der Waals surface area contributed by atoms with Crippen molar-refractivity contribution in [2.24, 2.45) is 0 Å². The summed E-state index contributed by atoms with van der Waals surface area (Å²) in [6, 6.07) is 14.7.